The molecule has 4 aromatic rings. The molecule has 3 heterocycles. The molecule has 0 saturated carbocycles. The number of aromatic nitrogens is 5. The number of amides is 2. The lowest BCUT2D eigenvalue weighted by Crippen LogP contribution is -2.41. The van der Waals surface area contributed by atoms with E-state index in [1.807, 2.05) is 36.5 Å². The fourth-order valence-corrected chi connectivity index (χ4v) is 3.74. The number of fused-ring (bicyclic) bond motifs is 1. The maximum absolute atomic E-state index is 13.0. The fourth-order valence-electron chi connectivity index (χ4n) is 3.74. The van der Waals surface area contributed by atoms with E-state index in [0.717, 1.165) is 17.5 Å². The smallest absolute Gasteiger partial charge is 0.271 e. The zero-order valence-electron chi connectivity index (χ0n) is 20.1. The Hall–Kier alpha value is -4.87. The second-order valence-electron chi connectivity index (χ2n) is 8.01. The summed E-state index contributed by atoms with van der Waals surface area (Å²) >= 11 is 0. The Kier molecular flexibility index (Phi) is 6.86. The normalized spacial score (nSPS) is 12.4. The number of aryl methyl sites for hydroxylation is 2. The van der Waals surface area contributed by atoms with Gasteiger partial charge in [0.25, 0.3) is 5.91 Å². The number of carbonyl (C=O) groups is 2. The van der Waals surface area contributed by atoms with Crippen molar-refractivity contribution in [1.29, 1.82) is 5.41 Å². The van der Waals surface area contributed by atoms with Crippen molar-refractivity contribution < 1.29 is 9.59 Å². The maximum Gasteiger partial charge on any atom is 0.271 e. The van der Waals surface area contributed by atoms with Gasteiger partial charge in [0.1, 0.15) is 17.4 Å². The zero-order chi connectivity index (χ0) is 25.8. The minimum atomic E-state index is -1.20. The molecule has 1 unspecified atom stereocenters. The number of nitrogens with one attached hydrogen (secondary N) is 3. The highest BCUT2D eigenvalue weighted by Crippen LogP contribution is 2.19. The number of hydrogen-bond donors (Lipinski definition) is 4. The Labute approximate surface area is 206 Å². The van der Waals surface area contributed by atoms with Gasteiger partial charge in [0, 0.05) is 38.3 Å². The molecular weight excluding hydrogens is 460 g/mol. The highest BCUT2D eigenvalue weighted by atomic mass is 16.2. The van der Waals surface area contributed by atoms with Crippen LogP contribution in [0, 0.1) is 18.3 Å². The molecule has 184 valence electrons. The third-order valence-corrected chi connectivity index (χ3v) is 5.68. The first-order valence-electron chi connectivity index (χ1n) is 11.1. The van der Waals surface area contributed by atoms with Crippen molar-refractivity contribution in [3.8, 4) is 11.3 Å². The van der Waals surface area contributed by atoms with Crippen LogP contribution >= 0.6 is 0 Å². The molecule has 0 bridgehead atoms. The molecule has 36 heavy (non-hydrogen) atoms. The largest absolute Gasteiger partial charge is 0.396 e. The van der Waals surface area contributed by atoms with Crippen molar-refractivity contribution >= 4 is 41.0 Å². The summed E-state index contributed by atoms with van der Waals surface area (Å²) in [6.07, 6.45) is 4.43. The number of benzene rings is 1. The van der Waals surface area contributed by atoms with Gasteiger partial charge in [-0.15, -0.1) is 0 Å². The molecule has 4 rings (SSSR count). The van der Waals surface area contributed by atoms with Crippen LogP contribution in [0.15, 0.2) is 53.8 Å². The van der Waals surface area contributed by atoms with Crippen molar-refractivity contribution in [3.05, 3.63) is 60.2 Å². The third-order valence-electron chi connectivity index (χ3n) is 5.68. The van der Waals surface area contributed by atoms with Gasteiger partial charge < -0.3 is 21.8 Å². The minimum Gasteiger partial charge on any atom is -0.396 e. The highest BCUT2D eigenvalue weighted by molar-refractivity contribution is 6.49. The first-order valence-corrected chi connectivity index (χ1v) is 11.1. The maximum atomic E-state index is 13.0. The summed E-state index contributed by atoms with van der Waals surface area (Å²) < 4.78 is 3.32. The SMILES string of the molecule is CN=C(C(=O)Nc1ccn2cc(-c3ccccc3)nc2n1)C(C=N)C(=O)NCc1c(N)c(C)nn1C. The number of nitrogens with zero attached hydrogens (tertiary/aromatic N) is 6. The average Bonchev–Trinajstić information content (AvgIpc) is 3.40. The first kappa shape index (κ1) is 24.3. The molecule has 12 heteroatoms. The standard InChI is InChI=1S/C24H26N10O2/c1-14-20(26)18(33(3)32-14)12-28-22(35)16(11-25)21(27-2)23(36)30-19-9-10-34-13-17(29-24(34)31-19)15-7-5-4-6-8-15/h4-11,13,16,25H,12,26H2,1-3H3,(H,28,35)(H,29,30,31,36). The second kappa shape index (κ2) is 10.2. The van der Waals surface area contributed by atoms with Crippen LogP contribution in [0.25, 0.3) is 17.0 Å². The number of rotatable bonds is 8. The predicted octanol–water partition coefficient (Wildman–Crippen LogP) is 1.61. The number of aliphatic imine (C=N–C) groups is 1. The number of anilines is 2. The van der Waals surface area contributed by atoms with Crippen molar-refractivity contribution in [2.45, 2.75) is 13.5 Å². The van der Waals surface area contributed by atoms with Gasteiger partial charge in [0.15, 0.2) is 0 Å². The summed E-state index contributed by atoms with van der Waals surface area (Å²) in [4.78, 5) is 38.7. The van der Waals surface area contributed by atoms with E-state index < -0.39 is 17.7 Å². The molecule has 0 aliphatic carbocycles. The molecule has 0 spiro atoms. The van der Waals surface area contributed by atoms with Gasteiger partial charge >= 0.3 is 0 Å². The Morgan fingerprint density at radius 3 is 2.61 bits per heavy atom. The van der Waals surface area contributed by atoms with Crippen LogP contribution in [-0.4, -0.2) is 54.9 Å². The number of nitrogen functional groups attached to an aromatic ring is 1. The van der Waals surface area contributed by atoms with Gasteiger partial charge in [-0.05, 0) is 13.0 Å². The molecule has 0 fully saturated rings. The summed E-state index contributed by atoms with van der Waals surface area (Å²) in [5.41, 5.74) is 9.31. The number of imidazole rings is 1. The molecule has 12 nitrogen and oxygen atoms in total. The van der Waals surface area contributed by atoms with Crippen molar-refractivity contribution in [3.63, 3.8) is 0 Å². The Morgan fingerprint density at radius 2 is 1.97 bits per heavy atom. The number of nitrogens with two attached hydrogens (primary N) is 1. The first-order chi connectivity index (χ1) is 17.3. The summed E-state index contributed by atoms with van der Waals surface area (Å²) in [7, 11) is 3.11. The predicted molar refractivity (Wildman–Crippen MR) is 137 cm³/mol. The lowest BCUT2D eigenvalue weighted by Gasteiger charge is -2.15. The lowest BCUT2D eigenvalue weighted by molar-refractivity contribution is -0.122. The van der Waals surface area contributed by atoms with Crippen LogP contribution in [0.3, 0.4) is 0 Å². The van der Waals surface area contributed by atoms with Gasteiger partial charge in [-0.1, -0.05) is 30.3 Å². The van der Waals surface area contributed by atoms with E-state index in [-0.39, 0.29) is 18.1 Å². The van der Waals surface area contributed by atoms with Gasteiger partial charge in [0.05, 0.1) is 29.3 Å². The quantitative estimate of drug-likeness (QED) is 0.276. The van der Waals surface area contributed by atoms with Gasteiger partial charge in [0.2, 0.25) is 11.7 Å². The second-order valence-corrected chi connectivity index (χ2v) is 8.01. The highest BCUT2D eigenvalue weighted by Gasteiger charge is 2.28. The van der Waals surface area contributed by atoms with Crippen LogP contribution < -0.4 is 16.4 Å². The molecule has 3 aromatic heterocycles. The van der Waals surface area contributed by atoms with E-state index in [1.54, 1.807) is 35.3 Å². The van der Waals surface area contributed by atoms with E-state index in [4.69, 9.17) is 11.1 Å². The molecule has 1 atom stereocenters. The molecule has 0 saturated heterocycles. The molecule has 2 amide bonds. The van der Waals surface area contributed by atoms with Crippen LogP contribution in [0.2, 0.25) is 0 Å². The van der Waals surface area contributed by atoms with Crippen LogP contribution in [0.1, 0.15) is 11.4 Å². The van der Waals surface area contributed by atoms with Gasteiger partial charge in [-0.25, -0.2) is 4.98 Å². The molecule has 0 aliphatic rings. The number of hydrogen-bond acceptors (Lipinski definition) is 8. The van der Waals surface area contributed by atoms with Crippen LogP contribution in [0.4, 0.5) is 11.5 Å². The van der Waals surface area contributed by atoms with Crippen molar-refractivity contribution in [1.82, 2.24) is 29.5 Å². The molecule has 1 aromatic carbocycles. The Balaban J connectivity index is 1.47. The monoisotopic (exact) mass is 486 g/mol. The summed E-state index contributed by atoms with van der Waals surface area (Å²) in [5.74, 6) is -1.79. The minimum absolute atomic E-state index is 0.0901. The van der Waals surface area contributed by atoms with E-state index in [0.29, 0.717) is 22.9 Å². The molecular formula is C24H26N10O2. The van der Waals surface area contributed by atoms with Gasteiger partial charge in [-0.3, -0.25) is 23.7 Å². The summed E-state index contributed by atoms with van der Waals surface area (Å²) in [6, 6.07) is 11.3. The zero-order valence-corrected chi connectivity index (χ0v) is 20.1. The summed E-state index contributed by atoms with van der Waals surface area (Å²) in [6.45, 7) is 1.86. The Morgan fingerprint density at radius 1 is 1.22 bits per heavy atom. The van der Waals surface area contributed by atoms with Crippen molar-refractivity contribution in [2.24, 2.45) is 18.0 Å². The van der Waals surface area contributed by atoms with E-state index >= 15 is 0 Å². The molecule has 5 N–H and O–H groups in total. The van der Waals surface area contributed by atoms with Gasteiger partial charge in [-0.2, -0.15) is 10.1 Å². The van der Waals surface area contributed by atoms with E-state index in [2.05, 4.69) is 30.7 Å². The van der Waals surface area contributed by atoms with Crippen LogP contribution in [0.5, 0.6) is 0 Å². The van der Waals surface area contributed by atoms with E-state index in [9.17, 15) is 9.59 Å². The van der Waals surface area contributed by atoms with E-state index in [1.165, 1.54) is 7.05 Å². The summed E-state index contributed by atoms with van der Waals surface area (Å²) in [5, 5.41) is 17.3. The van der Waals surface area contributed by atoms with Crippen molar-refractivity contribution in [2.75, 3.05) is 18.1 Å². The molecule has 0 aliphatic heterocycles. The fraction of sp³-hybridized carbons (Fsp3) is 0.208. The average molecular weight is 487 g/mol. The lowest BCUT2D eigenvalue weighted by atomic mass is 10.0. The third kappa shape index (κ3) is 4.82. The molecule has 0 radical (unpaired) electrons. The van der Waals surface area contributed by atoms with Crippen LogP contribution in [-0.2, 0) is 23.2 Å². The number of carbonyl (C=O) groups excluding carboxylic acids is 2. The Bertz CT molecular complexity index is 1470. The topological polar surface area (TPSA) is 168 Å².